The lowest BCUT2D eigenvalue weighted by molar-refractivity contribution is 0.177. The van der Waals surface area contributed by atoms with Gasteiger partial charge in [0.25, 0.3) is 0 Å². The molecule has 2 fully saturated rings. The second kappa shape index (κ2) is 7.57. The van der Waals surface area contributed by atoms with Crippen LogP contribution in [0.2, 0.25) is 5.02 Å². The zero-order chi connectivity index (χ0) is 20.1. The van der Waals surface area contributed by atoms with Crippen molar-refractivity contribution in [3.63, 3.8) is 0 Å². The maximum Gasteiger partial charge on any atom is 0.130 e. The van der Waals surface area contributed by atoms with Gasteiger partial charge in [0.2, 0.25) is 0 Å². The minimum Gasteiger partial charge on any atom is -0.492 e. The number of rotatable bonds is 6. The van der Waals surface area contributed by atoms with E-state index in [1.807, 2.05) is 37.4 Å². The number of aromatic nitrogens is 1. The molecule has 5 rings (SSSR count). The van der Waals surface area contributed by atoms with Gasteiger partial charge in [-0.15, -0.1) is 11.3 Å². The first kappa shape index (κ1) is 19.3. The number of benzene rings is 1. The molecule has 2 saturated carbocycles. The molecule has 3 nitrogen and oxygen atoms in total. The van der Waals surface area contributed by atoms with E-state index in [4.69, 9.17) is 16.3 Å². The molecule has 0 saturated heterocycles. The van der Waals surface area contributed by atoms with Crippen LogP contribution < -0.4 is 4.74 Å². The first-order chi connectivity index (χ1) is 14.1. The number of hydrogen-bond acceptors (Lipinski definition) is 4. The Hall–Kier alpha value is -1.62. The third-order valence-corrected chi connectivity index (χ3v) is 8.16. The van der Waals surface area contributed by atoms with E-state index in [9.17, 15) is 5.11 Å². The van der Waals surface area contributed by atoms with E-state index in [1.165, 1.54) is 19.3 Å². The average Bonchev–Trinajstić information content (AvgIpc) is 3.06. The van der Waals surface area contributed by atoms with Gasteiger partial charge in [-0.1, -0.05) is 24.9 Å². The molecule has 29 heavy (non-hydrogen) atoms. The van der Waals surface area contributed by atoms with E-state index in [2.05, 4.69) is 11.9 Å². The second-order valence-electron chi connectivity index (χ2n) is 8.48. The number of fused-ring (bicyclic) bond motifs is 2. The van der Waals surface area contributed by atoms with Gasteiger partial charge >= 0.3 is 0 Å². The van der Waals surface area contributed by atoms with Crippen LogP contribution in [0.1, 0.15) is 49.2 Å². The Morgan fingerprint density at radius 3 is 2.79 bits per heavy atom. The number of thiophene rings is 1. The molecule has 0 radical (unpaired) electrons. The first-order valence-corrected chi connectivity index (χ1v) is 11.8. The van der Waals surface area contributed by atoms with Gasteiger partial charge in [-0.05, 0) is 73.8 Å². The Morgan fingerprint density at radius 1 is 1.24 bits per heavy atom. The van der Waals surface area contributed by atoms with Crippen molar-refractivity contribution in [1.29, 1.82) is 0 Å². The van der Waals surface area contributed by atoms with Gasteiger partial charge in [-0.3, -0.25) is 4.98 Å². The van der Waals surface area contributed by atoms with Crippen LogP contribution in [-0.2, 0) is 0 Å². The summed E-state index contributed by atoms with van der Waals surface area (Å²) in [6.07, 6.45) is 6.19. The lowest BCUT2D eigenvalue weighted by Crippen LogP contribution is -2.06. The second-order valence-corrected chi connectivity index (χ2v) is 10.00. The van der Waals surface area contributed by atoms with Crippen LogP contribution in [0.4, 0.5) is 0 Å². The SMILES string of the molecule is CCC(O)c1cc2nccc(-c3cc(Cl)cc(C)c3OCC3C4CCCC43)c2s1. The molecular formula is C24H26ClNO2S. The molecule has 1 N–H and O–H groups in total. The molecule has 0 aliphatic heterocycles. The maximum atomic E-state index is 10.3. The zero-order valence-electron chi connectivity index (χ0n) is 16.8. The molecule has 5 heteroatoms. The highest BCUT2D eigenvalue weighted by Gasteiger charge is 2.52. The van der Waals surface area contributed by atoms with Crippen molar-refractivity contribution in [2.75, 3.05) is 6.61 Å². The Bertz CT molecular complexity index is 1050. The van der Waals surface area contributed by atoms with Crippen molar-refractivity contribution in [2.45, 2.75) is 45.6 Å². The fourth-order valence-electron chi connectivity index (χ4n) is 5.05. The van der Waals surface area contributed by atoms with Crippen LogP contribution in [0.3, 0.4) is 0 Å². The Labute approximate surface area is 180 Å². The number of pyridine rings is 1. The van der Waals surface area contributed by atoms with Gasteiger partial charge in [0.1, 0.15) is 5.75 Å². The summed E-state index contributed by atoms with van der Waals surface area (Å²) < 4.78 is 7.51. The topological polar surface area (TPSA) is 42.4 Å². The number of nitrogens with zero attached hydrogens (tertiary/aromatic N) is 1. The number of aryl methyl sites for hydroxylation is 1. The molecule has 2 aliphatic rings. The van der Waals surface area contributed by atoms with Crippen LogP contribution in [0.25, 0.3) is 21.3 Å². The van der Waals surface area contributed by atoms with Crippen LogP contribution in [-0.4, -0.2) is 16.7 Å². The third-order valence-electron chi connectivity index (χ3n) is 6.68. The summed E-state index contributed by atoms with van der Waals surface area (Å²) in [5.74, 6) is 3.41. The van der Waals surface area contributed by atoms with Crippen molar-refractivity contribution >= 4 is 33.2 Å². The molecule has 3 unspecified atom stereocenters. The van der Waals surface area contributed by atoms with Crippen molar-refractivity contribution in [1.82, 2.24) is 4.98 Å². The van der Waals surface area contributed by atoms with Crippen molar-refractivity contribution < 1.29 is 9.84 Å². The molecule has 2 heterocycles. The third kappa shape index (κ3) is 3.45. The lowest BCUT2D eigenvalue weighted by Gasteiger charge is -2.16. The highest BCUT2D eigenvalue weighted by molar-refractivity contribution is 7.19. The minimum atomic E-state index is -0.451. The molecule has 3 atom stereocenters. The van der Waals surface area contributed by atoms with Crippen LogP contribution in [0.15, 0.2) is 30.5 Å². The monoisotopic (exact) mass is 427 g/mol. The molecule has 152 valence electrons. The molecule has 2 aromatic heterocycles. The Kier molecular flexibility index (Phi) is 5.05. The number of aliphatic hydroxyl groups excluding tert-OH is 1. The van der Waals surface area contributed by atoms with Gasteiger partial charge in [0.05, 0.1) is 22.9 Å². The summed E-state index contributed by atoms with van der Waals surface area (Å²) in [4.78, 5) is 5.48. The van der Waals surface area contributed by atoms with Crippen LogP contribution in [0.5, 0.6) is 5.75 Å². The van der Waals surface area contributed by atoms with Crippen LogP contribution >= 0.6 is 22.9 Å². The summed E-state index contributed by atoms with van der Waals surface area (Å²) >= 11 is 8.06. The van der Waals surface area contributed by atoms with Gasteiger partial charge in [-0.25, -0.2) is 0 Å². The smallest absolute Gasteiger partial charge is 0.130 e. The molecule has 0 bridgehead atoms. The highest BCUT2D eigenvalue weighted by Crippen LogP contribution is 2.57. The molecule has 0 amide bonds. The van der Waals surface area contributed by atoms with Crippen molar-refractivity contribution in [3.8, 4) is 16.9 Å². The van der Waals surface area contributed by atoms with E-state index in [-0.39, 0.29) is 0 Å². The van der Waals surface area contributed by atoms with E-state index in [0.29, 0.717) is 11.4 Å². The standard InChI is InChI=1S/C24H26ClNO2S/c1-3-21(27)22-11-20-24(29-22)17(7-8-26-20)18-10-14(25)9-13(2)23(18)28-12-19-15-5-4-6-16(15)19/h7-11,15-16,19,21,27H,3-6,12H2,1-2H3. The fraction of sp³-hybridized carbons (Fsp3) is 0.458. The quantitative estimate of drug-likeness (QED) is 0.470. The molecule has 2 aliphatic carbocycles. The number of halogens is 1. The van der Waals surface area contributed by atoms with Crippen LogP contribution in [0, 0.1) is 24.7 Å². The number of aliphatic hydroxyl groups is 1. The van der Waals surface area contributed by atoms with Gasteiger partial charge in [-0.2, -0.15) is 0 Å². The predicted molar refractivity (Wildman–Crippen MR) is 120 cm³/mol. The highest BCUT2D eigenvalue weighted by atomic mass is 35.5. The van der Waals surface area contributed by atoms with Gasteiger partial charge in [0.15, 0.2) is 0 Å². The zero-order valence-corrected chi connectivity index (χ0v) is 18.4. The summed E-state index contributed by atoms with van der Waals surface area (Å²) in [7, 11) is 0. The number of hydrogen-bond donors (Lipinski definition) is 1. The molecule has 1 aromatic carbocycles. The normalized spacial score (nSPS) is 23.9. The predicted octanol–water partition coefficient (Wildman–Crippen LogP) is 6.79. The fourth-order valence-corrected chi connectivity index (χ4v) is 6.54. The lowest BCUT2D eigenvalue weighted by atomic mass is 10.0. The van der Waals surface area contributed by atoms with E-state index in [0.717, 1.165) is 61.9 Å². The largest absolute Gasteiger partial charge is 0.492 e. The summed E-state index contributed by atoms with van der Waals surface area (Å²) in [5, 5.41) is 11.0. The van der Waals surface area contributed by atoms with E-state index < -0.39 is 6.10 Å². The Morgan fingerprint density at radius 2 is 2.03 bits per heavy atom. The van der Waals surface area contributed by atoms with E-state index in [1.54, 1.807) is 11.3 Å². The van der Waals surface area contributed by atoms with Gasteiger partial charge < -0.3 is 9.84 Å². The van der Waals surface area contributed by atoms with E-state index >= 15 is 0 Å². The van der Waals surface area contributed by atoms with Crippen molar-refractivity contribution in [2.24, 2.45) is 17.8 Å². The molecular weight excluding hydrogens is 402 g/mol. The Balaban J connectivity index is 1.54. The summed E-state index contributed by atoms with van der Waals surface area (Å²) in [6, 6.07) is 8.01. The first-order valence-electron chi connectivity index (χ1n) is 10.6. The summed E-state index contributed by atoms with van der Waals surface area (Å²) in [6.45, 7) is 4.85. The van der Waals surface area contributed by atoms with Gasteiger partial charge in [0, 0.05) is 27.2 Å². The maximum absolute atomic E-state index is 10.3. The summed E-state index contributed by atoms with van der Waals surface area (Å²) in [5.41, 5.74) is 4.07. The average molecular weight is 428 g/mol. The number of ether oxygens (including phenoxy) is 1. The molecule has 0 spiro atoms. The minimum absolute atomic E-state index is 0.451. The molecule has 3 aromatic rings. The van der Waals surface area contributed by atoms with Crippen molar-refractivity contribution in [3.05, 3.63) is 45.9 Å².